The van der Waals surface area contributed by atoms with Crippen LogP contribution in [0.15, 0.2) is 103 Å². The summed E-state index contributed by atoms with van der Waals surface area (Å²) in [6.45, 7) is 2.02. The van der Waals surface area contributed by atoms with Gasteiger partial charge in [0.25, 0.3) is 5.91 Å². The molecule has 0 bridgehead atoms. The van der Waals surface area contributed by atoms with Crippen LogP contribution in [-0.2, 0) is 11.2 Å². The number of hydrogen-bond acceptors (Lipinski definition) is 3. The zero-order valence-corrected chi connectivity index (χ0v) is 18.9. The molecule has 2 aromatic heterocycles. The summed E-state index contributed by atoms with van der Waals surface area (Å²) in [5.74, 6) is 0.460. The van der Waals surface area contributed by atoms with Gasteiger partial charge in [-0.2, -0.15) is 0 Å². The fourth-order valence-corrected chi connectivity index (χ4v) is 3.90. The molecule has 0 aliphatic heterocycles. The Morgan fingerprint density at radius 2 is 1.65 bits per heavy atom. The van der Waals surface area contributed by atoms with Gasteiger partial charge in [-0.3, -0.25) is 4.79 Å². The smallest absolute Gasteiger partial charge is 0.262 e. The molecule has 5 nitrogen and oxygen atoms in total. The minimum atomic E-state index is -0.230. The molecule has 0 saturated carbocycles. The summed E-state index contributed by atoms with van der Waals surface area (Å²) in [4.78, 5) is 17.3. The molecule has 5 rings (SSSR count). The Hall–Kier alpha value is -4.38. The number of ether oxygens (including phenoxy) is 1. The van der Waals surface area contributed by atoms with E-state index in [1.54, 1.807) is 0 Å². The third-order valence-corrected chi connectivity index (χ3v) is 5.72. The van der Waals surface area contributed by atoms with E-state index in [4.69, 9.17) is 9.72 Å². The molecule has 0 aliphatic rings. The lowest BCUT2D eigenvalue weighted by Crippen LogP contribution is -2.20. The average Bonchev–Trinajstić information content (AvgIpc) is 3.34. The van der Waals surface area contributed by atoms with E-state index in [-0.39, 0.29) is 12.5 Å². The van der Waals surface area contributed by atoms with E-state index in [1.165, 1.54) is 11.1 Å². The van der Waals surface area contributed by atoms with Gasteiger partial charge in [0.2, 0.25) is 0 Å². The van der Waals surface area contributed by atoms with Crippen molar-refractivity contribution in [3.05, 3.63) is 109 Å². The van der Waals surface area contributed by atoms with Gasteiger partial charge in [0.1, 0.15) is 5.75 Å². The number of nitrogens with zero attached hydrogens (tertiary/aromatic N) is 2. The van der Waals surface area contributed by atoms with Crippen LogP contribution in [0.25, 0.3) is 28.0 Å². The number of aryl methyl sites for hydroxylation is 1. The summed E-state index contributed by atoms with van der Waals surface area (Å²) in [6, 6.07) is 30.1. The van der Waals surface area contributed by atoms with Crippen LogP contribution < -0.4 is 10.1 Å². The minimum Gasteiger partial charge on any atom is -0.484 e. The van der Waals surface area contributed by atoms with Crippen molar-refractivity contribution in [2.45, 2.75) is 13.3 Å². The fourth-order valence-electron chi connectivity index (χ4n) is 3.90. The van der Waals surface area contributed by atoms with Gasteiger partial charge in [-0.05, 0) is 47.4 Å². The van der Waals surface area contributed by atoms with Crippen LogP contribution in [0, 0.1) is 0 Å². The van der Waals surface area contributed by atoms with Gasteiger partial charge < -0.3 is 14.5 Å². The molecular weight excluding hydrogens is 422 g/mol. The number of anilines is 1. The standard InChI is InChI=1S/C29H25N3O2/c1-2-21-8-6-11-25(18-21)34-20-28(33)30-26-12-7-17-32-19-27(31-29(26)32)24-15-13-23(14-16-24)22-9-4-3-5-10-22/h3-19H,2,20H2,1H3,(H,30,33). The maximum Gasteiger partial charge on any atom is 0.262 e. The second-order valence-corrected chi connectivity index (χ2v) is 8.06. The average molecular weight is 448 g/mol. The third kappa shape index (κ3) is 4.69. The molecule has 0 saturated heterocycles. The van der Waals surface area contributed by atoms with Gasteiger partial charge in [0.05, 0.1) is 11.4 Å². The highest BCUT2D eigenvalue weighted by Gasteiger charge is 2.11. The van der Waals surface area contributed by atoms with Gasteiger partial charge in [-0.15, -0.1) is 0 Å². The number of imidazole rings is 1. The number of nitrogens with one attached hydrogen (secondary N) is 1. The molecule has 0 atom stereocenters. The fraction of sp³-hybridized carbons (Fsp3) is 0.103. The number of hydrogen-bond donors (Lipinski definition) is 1. The Kier molecular flexibility index (Phi) is 6.08. The predicted octanol–water partition coefficient (Wildman–Crippen LogP) is 6.25. The predicted molar refractivity (Wildman–Crippen MR) is 136 cm³/mol. The van der Waals surface area contributed by atoms with Crippen molar-refractivity contribution in [3.63, 3.8) is 0 Å². The van der Waals surface area contributed by atoms with E-state index in [9.17, 15) is 4.79 Å². The Labute approximate surface area is 198 Å². The Balaban J connectivity index is 1.32. The summed E-state index contributed by atoms with van der Waals surface area (Å²) < 4.78 is 7.60. The van der Waals surface area contributed by atoms with Crippen LogP contribution in [0.1, 0.15) is 12.5 Å². The molecule has 0 spiro atoms. The van der Waals surface area contributed by atoms with Crippen LogP contribution in [0.2, 0.25) is 0 Å². The van der Waals surface area contributed by atoms with Gasteiger partial charge in [0.15, 0.2) is 12.3 Å². The number of fused-ring (bicyclic) bond motifs is 1. The third-order valence-electron chi connectivity index (χ3n) is 5.72. The summed E-state index contributed by atoms with van der Waals surface area (Å²) >= 11 is 0. The topological polar surface area (TPSA) is 55.6 Å². The van der Waals surface area contributed by atoms with Crippen molar-refractivity contribution in [2.24, 2.45) is 0 Å². The highest BCUT2D eigenvalue weighted by atomic mass is 16.5. The van der Waals surface area contributed by atoms with E-state index >= 15 is 0 Å². The van der Waals surface area contributed by atoms with E-state index in [1.807, 2.05) is 71.4 Å². The number of pyridine rings is 1. The normalized spacial score (nSPS) is 10.9. The Bertz CT molecular complexity index is 1420. The van der Waals surface area contributed by atoms with Gasteiger partial charge >= 0.3 is 0 Å². The Morgan fingerprint density at radius 3 is 2.44 bits per heavy atom. The molecular formula is C29H25N3O2. The molecule has 3 aromatic carbocycles. The van der Waals surface area contributed by atoms with Crippen LogP contribution in [0.3, 0.4) is 0 Å². The second kappa shape index (κ2) is 9.63. The molecule has 0 radical (unpaired) electrons. The Morgan fingerprint density at radius 1 is 0.882 bits per heavy atom. The zero-order valence-electron chi connectivity index (χ0n) is 18.9. The van der Waals surface area contributed by atoms with Crippen molar-refractivity contribution in [2.75, 3.05) is 11.9 Å². The molecule has 0 fully saturated rings. The first-order valence-corrected chi connectivity index (χ1v) is 11.3. The molecule has 5 aromatic rings. The maximum absolute atomic E-state index is 12.6. The highest BCUT2D eigenvalue weighted by Crippen LogP contribution is 2.26. The monoisotopic (exact) mass is 447 g/mol. The van der Waals surface area contributed by atoms with Crippen LogP contribution in [-0.4, -0.2) is 21.9 Å². The molecule has 2 heterocycles. The summed E-state index contributed by atoms with van der Waals surface area (Å²) in [5.41, 5.74) is 6.69. The first kappa shape index (κ1) is 21.5. The van der Waals surface area contributed by atoms with Crippen LogP contribution in [0.5, 0.6) is 5.75 Å². The number of aromatic nitrogens is 2. The van der Waals surface area contributed by atoms with Crippen LogP contribution >= 0.6 is 0 Å². The molecule has 0 aliphatic carbocycles. The van der Waals surface area contributed by atoms with Crippen molar-refractivity contribution >= 4 is 17.2 Å². The second-order valence-electron chi connectivity index (χ2n) is 8.06. The number of amides is 1. The van der Waals surface area contributed by atoms with Crippen molar-refractivity contribution in [3.8, 4) is 28.1 Å². The van der Waals surface area contributed by atoms with Gasteiger partial charge in [0, 0.05) is 18.0 Å². The first-order chi connectivity index (χ1) is 16.7. The van der Waals surface area contributed by atoms with E-state index in [2.05, 4.69) is 48.6 Å². The summed E-state index contributed by atoms with van der Waals surface area (Å²) in [5, 5.41) is 2.93. The molecule has 0 unspecified atom stereocenters. The lowest BCUT2D eigenvalue weighted by atomic mass is 10.0. The quantitative estimate of drug-likeness (QED) is 0.321. The van der Waals surface area contributed by atoms with Crippen molar-refractivity contribution < 1.29 is 9.53 Å². The van der Waals surface area contributed by atoms with Crippen LogP contribution in [0.4, 0.5) is 5.69 Å². The van der Waals surface area contributed by atoms with E-state index in [0.717, 1.165) is 23.2 Å². The summed E-state index contributed by atoms with van der Waals surface area (Å²) in [6.07, 6.45) is 4.81. The van der Waals surface area contributed by atoms with Crippen molar-refractivity contribution in [1.29, 1.82) is 0 Å². The molecule has 5 heteroatoms. The first-order valence-electron chi connectivity index (χ1n) is 11.3. The summed E-state index contributed by atoms with van der Waals surface area (Å²) in [7, 11) is 0. The number of carbonyl (C=O) groups is 1. The van der Waals surface area contributed by atoms with Gasteiger partial charge in [-0.1, -0.05) is 73.7 Å². The molecule has 34 heavy (non-hydrogen) atoms. The highest BCUT2D eigenvalue weighted by molar-refractivity contribution is 5.95. The van der Waals surface area contributed by atoms with Gasteiger partial charge in [-0.25, -0.2) is 4.98 Å². The molecule has 1 amide bonds. The SMILES string of the molecule is CCc1cccc(OCC(=O)Nc2cccn3cc(-c4ccc(-c5ccccc5)cc4)nc23)c1. The van der Waals surface area contributed by atoms with E-state index in [0.29, 0.717) is 17.1 Å². The molecule has 1 N–H and O–H groups in total. The lowest BCUT2D eigenvalue weighted by molar-refractivity contribution is -0.118. The number of benzene rings is 3. The zero-order chi connectivity index (χ0) is 23.3. The van der Waals surface area contributed by atoms with E-state index < -0.39 is 0 Å². The number of carbonyl (C=O) groups excluding carboxylic acids is 1. The minimum absolute atomic E-state index is 0.0667. The maximum atomic E-state index is 12.6. The molecule has 168 valence electrons. The number of rotatable bonds is 7. The lowest BCUT2D eigenvalue weighted by Gasteiger charge is -2.09. The van der Waals surface area contributed by atoms with Crippen molar-refractivity contribution in [1.82, 2.24) is 9.38 Å². The largest absolute Gasteiger partial charge is 0.484 e.